The molecule has 0 aliphatic carbocycles. The van der Waals surface area contributed by atoms with E-state index in [0.717, 1.165) is 0 Å². The van der Waals surface area contributed by atoms with Gasteiger partial charge in [0.15, 0.2) is 5.78 Å². The van der Waals surface area contributed by atoms with Crippen molar-refractivity contribution < 1.29 is 23.9 Å². The number of hydrogen-bond acceptors (Lipinski definition) is 5. The van der Waals surface area contributed by atoms with Gasteiger partial charge >= 0.3 is 12.0 Å². The van der Waals surface area contributed by atoms with Gasteiger partial charge in [0.05, 0.1) is 13.7 Å². The average molecular weight is 410 g/mol. The van der Waals surface area contributed by atoms with Gasteiger partial charge in [-0.05, 0) is 53.5 Å². The fourth-order valence-corrected chi connectivity index (χ4v) is 3.18. The largest absolute Gasteiger partial charge is 0.464 e. The second kappa shape index (κ2) is 10.4. The van der Waals surface area contributed by atoms with Gasteiger partial charge < -0.3 is 24.3 Å². The Morgan fingerprint density at radius 2 is 1.79 bits per heavy atom. The minimum atomic E-state index is -0.494. The zero-order chi connectivity index (χ0) is 22.4. The van der Waals surface area contributed by atoms with E-state index in [2.05, 4.69) is 5.32 Å². The molecule has 0 spiro atoms. The monoisotopic (exact) mass is 409 g/mol. The first-order chi connectivity index (χ1) is 13.4. The van der Waals surface area contributed by atoms with E-state index in [0.29, 0.717) is 48.7 Å². The topological polar surface area (TPSA) is 89.9 Å². The lowest BCUT2D eigenvalue weighted by Gasteiger charge is -2.28. The number of ether oxygens (including phenoxy) is 2. The maximum Gasteiger partial charge on any atom is 0.354 e. The van der Waals surface area contributed by atoms with Gasteiger partial charge in [0.25, 0.3) is 0 Å². The summed E-state index contributed by atoms with van der Waals surface area (Å²) >= 11 is 0. The first-order valence-corrected chi connectivity index (χ1v) is 9.86. The zero-order valence-electron chi connectivity index (χ0n) is 19.0. The van der Waals surface area contributed by atoms with E-state index < -0.39 is 11.5 Å². The predicted molar refractivity (Wildman–Crippen MR) is 112 cm³/mol. The number of hydrogen-bond donors (Lipinski definition) is 1. The average Bonchev–Trinajstić information content (AvgIpc) is 2.84. The van der Waals surface area contributed by atoms with E-state index in [4.69, 9.17) is 9.47 Å². The number of Topliss-reactive ketones (excluding diaryl/α,β-unsaturated/α-hetero) is 1. The maximum absolute atomic E-state index is 13.1. The van der Waals surface area contributed by atoms with Crippen molar-refractivity contribution >= 4 is 17.8 Å². The molecule has 0 saturated carbocycles. The number of amides is 2. The van der Waals surface area contributed by atoms with E-state index in [1.54, 1.807) is 25.5 Å². The Morgan fingerprint density at radius 1 is 1.17 bits per heavy atom. The molecule has 8 heteroatoms. The molecule has 1 heterocycles. The predicted octanol–water partition coefficient (Wildman–Crippen LogP) is 2.85. The first kappa shape index (κ1) is 24.7. The van der Waals surface area contributed by atoms with Crippen molar-refractivity contribution in [1.29, 1.82) is 0 Å². The van der Waals surface area contributed by atoms with Crippen LogP contribution in [0, 0.1) is 13.8 Å². The molecule has 2 amide bonds. The van der Waals surface area contributed by atoms with Crippen molar-refractivity contribution in [3.8, 4) is 0 Å². The zero-order valence-corrected chi connectivity index (χ0v) is 19.0. The highest BCUT2D eigenvalue weighted by Gasteiger charge is 2.28. The van der Waals surface area contributed by atoms with Crippen molar-refractivity contribution in [2.24, 2.45) is 7.05 Å². The van der Waals surface area contributed by atoms with Crippen molar-refractivity contribution in [2.75, 3.05) is 33.4 Å². The summed E-state index contributed by atoms with van der Waals surface area (Å²) in [4.78, 5) is 39.4. The van der Waals surface area contributed by atoms with E-state index >= 15 is 0 Å². The smallest absolute Gasteiger partial charge is 0.354 e. The number of carbonyl (C=O) groups excluding carboxylic acids is 3. The molecular weight excluding hydrogens is 374 g/mol. The molecule has 0 aliphatic heterocycles. The standard InChI is InChI=1S/C21H35N3O5/c1-9-29-12-10-11-24(20(27)22-21(4,5)6)13-16(25)17-14(2)18(19(26)28-8)23(7)15(17)3/h9-13H2,1-8H3,(H,22,27). The van der Waals surface area contributed by atoms with Gasteiger partial charge in [-0.2, -0.15) is 0 Å². The number of aromatic nitrogens is 1. The Balaban J connectivity index is 3.10. The lowest BCUT2D eigenvalue weighted by atomic mass is 10.0. The molecule has 0 bridgehead atoms. The summed E-state index contributed by atoms with van der Waals surface area (Å²) in [5.74, 6) is -0.711. The normalized spacial score (nSPS) is 11.3. The van der Waals surface area contributed by atoms with Crippen LogP contribution in [0.2, 0.25) is 0 Å². The van der Waals surface area contributed by atoms with E-state index in [9.17, 15) is 14.4 Å². The molecule has 1 aromatic rings. The van der Waals surface area contributed by atoms with Crippen molar-refractivity contribution in [3.63, 3.8) is 0 Å². The van der Waals surface area contributed by atoms with Crippen LogP contribution >= 0.6 is 0 Å². The Bertz CT molecular complexity index is 746. The van der Waals surface area contributed by atoms with Crippen LogP contribution in [0.4, 0.5) is 4.79 Å². The summed E-state index contributed by atoms with van der Waals surface area (Å²) in [7, 11) is 3.03. The molecule has 1 aromatic heterocycles. The minimum Gasteiger partial charge on any atom is -0.464 e. The highest BCUT2D eigenvalue weighted by molar-refractivity contribution is 6.04. The van der Waals surface area contributed by atoms with Crippen molar-refractivity contribution in [1.82, 2.24) is 14.8 Å². The number of nitrogens with one attached hydrogen (secondary N) is 1. The maximum atomic E-state index is 13.1. The van der Waals surface area contributed by atoms with Crippen LogP contribution in [-0.2, 0) is 16.5 Å². The summed E-state index contributed by atoms with van der Waals surface area (Å²) in [6, 6.07) is -0.304. The van der Waals surface area contributed by atoms with Gasteiger partial charge in [0, 0.05) is 43.6 Å². The molecule has 0 fully saturated rings. The number of urea groups is 1. The third-order valence-corrected chi connectivity index (χ3v) is 4.61. The van der Waals surface area contributed by atoms with Gasteiger partial charge in [-0.25, -0.2) is 9.59 Å². The quantitative estimate of drug-likeness (QED) is 0.385. The molecule has 0 aromatic carbocycles. The second-order valence-electron chi connectivity index (χ2n) is 8.06. The van der Waals surface area contributed by atoms with Gasteiger partial charge in [-0.3, -0.25) is 4.79 Å². The SMILES string of the molecule is CCOCCCN(CC(=O)c1c(C)c(C(=O)OC)n(C)c1C)C(=O)NC(C)(C)C. The van der Waals surface area contributed by atoms with Crippen LogP contribution < -0.4 is 5.32 Å². The van der Waals surface area contributed by atoms with Gasteiger partial charge in [-0.1, -0.05) is 0 Å². The van der Waals surface area contributed by atoms with Gasteiger partial charge in [-0.15, -0.1) is 0 Å². The van der Waals surface area contributed by atoms with Crippen LogP contribution in [0.1, 0.15) is 66.2 Å². The molecule has 0 atom stereocenters. The lowest BCUT2D eigenvalue weighted by Crippen LogP contribution is -2.50. The fourth-order valence-electron chi connectivity index (χ4n) is 3.18. The Hall–Kier alpha value is -2.35. The highest BCUT2D eigenvalue weighted by Crippen LogP contribution is 2.23. The molecule has 0 radical (unpaired) electrons. The molecule has 1 rings (SSSR count). The number of rotatable bonds is 9. The van der Waals surface area contributed by atoms with E-state index in [1.807, 2.05) is 27.7 Å². The molecule has 164 valence electrons. The summed E-state index contributed by atoms with van der Waals surface area (Å²) in [5.41, 5.74) is 1.60. The second-order valence-corrected chi connectivity index (χ2v) is 8.06. The number of ketones is 1. The first-order valence-electron chi connectivity index (χ1n) is 9.86. The summed E-state index contributed by atoms with van der Waals surface area (Å²) in [6.45, 7) is 12.5. The van der Waals surface area contributed by atoms with Gasteiger partial charge in [0.1, 0.15) is 5.69 Å². The molecule has 1 N–H and O–H groups in total. The van der Waals surface area contributed by atoms with Crippen LogP contribution in [0.25, 0.3) is 0 Å². The molecule has 0 aliphatic rings. The molecule has 0 saturated heterocycles. The molecule has 8 nitrogen and oxygen atoms in total. The fraction of sp³-hybridized carbons (Fsp3) is 0.667. The van der Waals surface area contributed by atoms with Crippen LogP contribution in [0.3, 0.4) is 0 Å². The number of methoxy groups -OCH3 is 1. The van der Waals surface area contributed by atoms with Crippen molar-refractivity contribution in [2.45, 2.75) is 53.5 Å². The lowest BCUT2D eigenvalue weighted by molar-refractivity contribution is 0.0588. The third-order valence-electron chi connectivity index (χ3n) is 4.61. The summed E-state index contributed by atoms with van der Waals surface area (Å²) < 4.78 is 11.8. The number of esters is 1. The number of nitrogens with zero attached hydrogens (tertiary/aromatic N) is 2. The van der Waals surface area contributed by atoms with E-state index in [1.165, 1.54) is 12.0 Å². The van der Waals surface area contributed by atoms with Crippen molar-refractivity contribution in [3.05, 3.63) is 22.5 Å². The van der Waals surface area contributed by atoms with E-state index in [-0.39, 0.29) is 18.4 Å². The third kappa shape index (κ3) is 6.59. The summed E-state index contributed by atoms with van der Waals surface area (Å²) in [5, 5.41) is 2.90. The van der Waals surface area contributed by atoms with Crippen LogP contribution in [0.15, 0.2) is 0 Å². The molecule has 0 unspecified atom stereocenters. The summed E-state index contributed by atoms with van der Waals surface area (Å²) in [6.07, 6.45) is 0.624. The highest BCUT2D eigenvalue weighted by atomic mass is 16.5. The Kier molecular flexibility index (Phi) is 8.88. The molecular formula is C21H35N3O5. The minimum absolute atomic E-state index is 0.0830. The van der Waals surface area contributed by atoms with Crippen LogP contribution in [0.5, 0.6) is 0 Å². The molecule has 29 heavy (non-hydrogen) atoms. The van der Waals surface area contributed by atoms with Gasteiger partial charge in [0.2, 0.25) is 0 Å². The number of carbonyl (C=O) groups is 3. The Labute approximate surface area is 173 Å². The Morgan fingerprint density at radius 3 is 2.31 bits per heavy atom. The van der Waals surface area contributed by atoms with Crippen LogP contribution in [-0.4, -0.2) is 66.2 Å².